The molecule has 0 aliphatic carbocycles. The van der Waals surface area contributed by atoms with Gasteiger partial charge in [-0.1, -0.05) is 29.8 Å². The van der Waals surface area contributed by atoms with Gasteiger partial charge < -0.3 is 5.32 Å². The minimum absolute atomic E-state index is 0.0348. The third-order valence-electron chi connectivity index (χ3n) is 3.82. The van der Waals surface area contributed by atoms with Crippen LogP contribution in [-0.4, -0.2) is 10.9 Å². The van der Waals surface area contributed by atoms with Gasteiger partial charge in [0.25, 0.3) is 0 Å². The van der Waals surface area contributed by atoms with Crippen LogP contribution in [0, 0.1) is 6.92 Å². The third kappa shape index (κ3) is 5.32. The quantitative estimate of drug-likeness (QED) is 0.785. The number of amides is 1. The number of aromatic nitrogens is 1. The summed E-state index contributed by atoms with van der Waals surface area (Å²) in [6, 6.07) is 12.5. The molecule has 0 fully saturated rings. The average Bonchev–Trinajstić information content (AvgIpc) is 2.54. The van der Waals surface area contributed by atoms with Crippen LogP contribution in [0.15, 0.2) is 48.8 Å². The molecule has 3 nitrogen and oxygen atoms in total. The smallest absolute Gasteiger partial charge is 0.220 e. The van der Waals surface area contributed by atoms with Gasteiger partial charge in [0.05, 0.1) is 6.04 Å². The van der Waals surface area contributed by atoms with Gasteiger partial charge in [0.1, 0.15) is 0 Å². The number of pyridine rings is 1. The summed E-state index contributed by atoms with van der Waals surface area (Å²) in [7, 11) is 0. The van der Waals surface area contributed by atoms with Gasteiger partial charge in [-0.15, -0.1) is 0 Å². The molecular formula is C19H24N2O. The van der Waals surface area contributed by atoms with E-state index < -0.39 is 0 Å². The van der Waals surface area contributed by atoms with Crippen LogP contribution >= 0.6 is 0 Å². The van der Waals surface area contributed by atoms with E-state index in [1.165, 1.54) is 11.1 Å². The van der Waals surface area contributed by atoms with Gasteiger partial charge in [-0.05, 0) is 56.4 Å². The fourth-order valence-electron chi connectivity index (χ4n) is 2.42. The highest BCUT2D eigenvalue weighted by Crippen LogP contribution is 2.12. The monoisotopic (exact) mass is 296 g/mol. The number of carbonyl (C=O) groups is 1. The molecule has 1 heterocycles. The summed E-state index contributed by atoms with van der Waals surface area (Å²) in [5, 5.41) is 3.04. The Morgan fingerprint density at radius 1 is 1.09 bits per heavy atom. The number of hydrogen-bond acceptors (Lipinski definition) is 2. The fraction of sp³-hybridized carbons (Fsp3) is 0.368. The second kappa shape index (κ2) is 8.32. The first-order valence-electron chi connectivity index (χ1n) is 7.90. The largest absolute Gasteiger partial charge is 0.350 e. The first-order valence-corrected chi connectivity index (χ1v) is 7.90. The number of aryl methyl sites for hydroxylation is 2. The van der Waals surface area contributed by atoms with Crippen LogP contribution in [0.4, 0.5) is 0 Å². The van der Waals surface area contributed by atoms with Crippen molar-refractivity contribution >= 4 is 5.91 Å². The van der Waals surface area contributed by atoms with Crippen LogP contribution in [0.3, 0.4) is 0 Å². The number of unbranched alkanes of at least 4 members (excludes halogenated alkanes) is 1. The lowest BCUT2D eigenvalue weighted by atomic mass is 10.1. The summed E-state index contributed by atoms with van der Waals surface area (Å²) < 4.78 is 0. The van der Waals surface area contributed by atoms with Crippen LogP contribution in [-0.2, 0) is 11.2 Å². The van der Waals surface area contributed by atoms with Gasteiger partial charge in [0.2, 0.25) is 5.91 Å². The fourth-order valence-corrected chi connectivity index (χ4v) is 2.42. The summed E-state index contributed by atoms with van der Waals surface area (Å²) in [6.45, 7) is 4.09. The molecule has 0 saturated heterocycles. The summed E-state index contributed by atoms with van der Waals surface area (Å²) in [5.74, 6) is 0.119. The molecule has 116 valence electrons. The van der Waals surface area contributed by atoms with Gasteiger partial charge >= 0.3 is 0 Å². The Kier molecular flexibility index (Phi) is 6.13. The van der Waals surface area contributed by atoms with Crippen molar-refractivity contribution in [2.75, 3.05) is 0 Å². The molecule has 0 aliphatic heterocycles. The zero-order valence-corrected chi connectivity index (χ0v) is 13.4. The van der Waals surface area contributed by atoms with Crippen molar-refractivity contribution in [3.63, 3.8) is 0 Å². The zero-order chi connectivity index (χ0) is 15.8. The maximum Gasteiger partial charge on any atom is 0.220 e. The molecule has 1 aromatic carbocycles. The minimum Gasteiger partial charge on any atom is -0.350 e. The Morgan fingerprint density at radius 2 is 1.77 bits per heavy atom. The number of nitrogens with one attached hydrogen (secondary N) is 1. The molecule has 1 N–H and O–H groups in total. The highest BCUT2D eigenvalue weighted by atomic mass is 16.1. The van der Waals surface area contributed by atoms with Crippen molar-refractivity contribution in [1.29, 1.82) is 0 Å². The van der Waals surface area contributed by atoms with Gasteiger partial charge in [-0.3, -0.25) is 9.78 Å². The van der Waals surface area contributed by atoms with E-state index in [0.717, 1.165) is 24.8 Å². The van der Waals surface area contributed by atoms with Crippen LogP contribution < -0.4 is 5.32 Å². The van der Waals surface area contributed by atoms with Crippen molar-refractivity contribution in [1.82, 2.24) is 10.3 Å². The highest BCUT2D eigenvalue weighted by Gasteiger charge is 2.08. The lowest BCUT2D eigenvalue weighted by Crippen LogP contribution is -2.26. The Labute approximate surface area is 132 Å². The number of carbonyl (C=O) groups excluding carboxylic acids is 1. The molecule has 2 aromatic rings. The molecule has 22 heavy (non-hydrogen) atoms. The Balaban J connectivity index is 1.66. The van der Waals surface area contributed by atoms with E-state index in [1.807, 2.05) is 19.1 Å². The first kappa shape index (κ1) is 16.2. The summed E-state index contributed by atoms with van der Waals surface area (Å²) in [5.41, 5.74) is 3.72. The van der Waals surface area contributed by atoms with Crippen molar-refractivity contribution in [3.05, 3.63) is 65.5 Å². The van der Waals surface area contributed by atoms with E-state index in [2.05, 4.69) is 41.5 Å². The number of benzene rings is 1. The van der Waals surface area contributed by atoms with Gasteiger partial charge in [0.15, 0.2) is 0 Å². The average molecular weight is 296 g/mol. The second-order valence-corrected chi connectivity index (χ2v) is 5.76. The maximum atomic E-state index is 12.0. The van der Waals surface area contributed by atoms with Crippen molar-refractivity contribution < 1.29 is 4.79 Å². The van der Waals surface area contributed by atoms with Gasteiger partial charge in [-0.25, -0.2) is 0 Å². The van der Waals surface area contributed by atoms with Crippen LogP contribution in [0.25, 0.3) is 0 Å². The van der Waals surface area contributed by atoms with E-state index >= 15 is 0 Å². The molecule has 1 atom stereocenters. The minimum atomic E-state index is 0.0348. The van der Waals surface area contributed by atoms with Gasteiger partial charge in [-0.2, -0.15) is 0 Å². The van der Waals surface area contributed by atoms with Crippen LogP contribution in [0.1, 0.15) is 48.9 Å². The molecule has 0 aliphatic rings. The molecule has 0 bridgehead atoms. The van der Waals surface area contributed by atoms with E-state index in [4.69, 9.17) is 0 Å². The SMILES string of the molecule is Cc1ccc(CCCCC(=O)NC(C)c2ccncc2)cc1. The summed E-state index contributed by atoms with van der Waals surface area (Å²) in [6.07, 6.45) is 7.08. The predicted octanol–water partition coefficient (Wildman–Crippen LogP) is 3.98. The molecule has 1 aromatic heterocycles. The van der Waals surface area contributed by atoms with Crippen molar-refractivity contribution in [2.24, 2.45) is 0 Å². The van der Waals surface area contributed by atoms with E-state index in [9.17, 15) is 4.79 Å². The molecule has 1 amide bonds. The number of hydrogen-bond donors (Lipinski definition) is 1. The van der Waals surface area contributed by atoms with Crippen molar-refractivity contribution in [3.8, 4) is 0 Å². The second-order valence-electron chi connectivity index (χ2n) is 5.76. The summed E-state index contributed by atoms with van der Waals surface area (Å²) in [4.78, 5) is 15.9. The highest BCUT2D eigenvalue weighted by molar-refractivity contribution is 5.76. The molecular weight excluding hydrogens is 272 g/mol. The van der Waals surface area contributed by atoms with Crippen molar-refractivity contribution in [2.45, 2.75) is 45.6 Å². The van der Waals surface area contributed by atoms with Crippen LogP contribution in [0.2, 0.25) is 0 Å². The molecule has 1 unspecified atom stereocenters. The molecule has 0 spiro atoms. The zero-order valence-electron chi connectivity index (χ0n) is 13.4. The third-order valence-corrected chi connectivity index (χ3v) is 3.82. The van der Waals surface area contributed by atoms with Crippen LogP contribution in [0.5, 0.6) is 0 Å². The molecule has 3 heteroatoms. The topological polar surface area (TPSA) is 42.0 Å². The molecule has 0 saturated carbocycles. The molecule has 0 radical (unpaired) electrons. The van der Waals surface area contributed by atoms with E-state index in [0.29, 0.717) is 6.42 Å². The first-order chi connectivity index (χ1) is 10.6. The summed E-state index contributed by atoms with van der Waals surface area (Å²) >= 11 is 0. The lowest BCUT2D eigenvalue weighted by Gasteiger charge is -2.14. The lowest BCUT2D eigenvalue weighted by molar-refractivity contribution is -0.121. The van der Waals surface area contributed by atoms with E-state index in [1.54, 1.807) is 12.4 Å². The maximum absolute atomic E-state index is 12.0. The Morgan fingerprint density at radius 3 is 2.45 bits per heavy atom. The van der Waals surface area contributed by atoms with E-state index in [-0.39, 0.29) is 11.9 Å². The standard InChI is InChI=1S/C19H24N2O/c1-15-7-9-17(10-8-15)5-3-4-6-19(22)21-16(2)18-11-13-20-14-12-18/h7-14,16H,3-6H2,1-2H3,(H,21,22). The normalized spacial score (nSPS) is 11.9. The Bertz CT molecular complexity index is 578. The number of nitrogens with zero attached hydrogens (tertiary/aromatic N) is 1. The van der Waals surface area contributed by atoms with Gasteiger partial charge in [0, 0.05) is 18.8 Å². The Hall–Kier alpha value is -2.16. The predicted molar refractivity (Wildman–Crippen MR) is 89.5 cm³/mol. The number of rotatable bonds is 7. The molecule has 2 rings (SSSR count).